The van der Waals surface area contributed by atoms with E-state index >= 15 is 0 Å². The highest BCUT2D eigenvalue weighted by Gasteiger charge is 2.26. The van der Waals surface area contributed by atoms with Crippen LogP contribution in [-0.4, -0.2) is 13.2 Å². The molecule has 1 saturated carbocycles. The van der Waals surface area contributed by atoms with Crippen molar-refractivity contribution in [2.24, 2.45) is 17.8 Å². The van der Waals surface area contributed by atoms with Gasteiger partial charge < -0.3 is 9.47 Å². The standard InChI is InChI=1S/C26H41FO2/c1-2-3-4-5-6-7-8-21-9-11-22(12-10-21)13-14-23-19-28-26(29-20-23)24-15-17-25(27)18-16-24/h15-18,21-23,26H,2-14,19-20H2,1H3. The average molecular weight is 405 g/mol. The largest absolute Gasteiger partial charge is 0.348 e. The molecular formula is C26H41FO2. The van der Waals surface area contributed by atoms with Gasteiger partial charge in [-0.05, 0) is 30.4 Å². The molecule has 1 aromatic rings. The lowest BCUT2D eigenvalue weighted by Crippen LogP contribution is -2.28. The molecule has 2 aliphatic rings. The second-order valence-corrected chi connectivity index (χ2v) is 9.44. The molecular weight excluding hydrogens is 363 g/mol. The second-order valence-electron chi connectivity index (χ2n) is 9.44. The molecule has 1 saturated heterocycles. The molecule has 0 bridgehead atoms. The predicted octanol–water partition coefficient (Wildman–Crippen LogP) is 7.82. The van der Waals surface area contributed by atoms with E-state index in [1.807, 2.05) is 0 Å². The zero-order valence-corrected chi connectivity index (χ0v) is 18.4. The normalized spacial score (nSPS) is 27.8. The Hall–Kier alpha value is -0.930. The van der Waals surface area contributed by atoms with Gasteiger partial charge in [-0.2, -0.15) is 0 Å². The summed E-state index contributed by atoms with van der Waals surface area (Å²) in [5.41, 5.74) is 0.911. The number of ether oxygens (including phenoxy) is 2. The summed E-state index contributed by atoms with van der Waals surface area (Å²) in [4.78, 5) is 0. The topological polar surface area (TPSA) is 18.5 Å². The minimum atomic E-state index is -0.329. The molecule has 0 N–H and O–H groups in total. The highest BCUT2D eigenvalue weighted by Crippen LogP contribution is 2.36. The Kier molecular flexibility index (Phi) is 9.96. The number of hydrogen-bond donors (Lipinski definition) is 0. The first-order chi connectivity index (χ1) is 14.2. The lowest BCUT2D eigenvalue weighted by molar-refractivity contribution is -0.206. The SMILES string of the molecule is CCCCCCCCC1CCC(CCC2COC(c3ccc(F)cc3)OC2)CC1. The van der Waals surface area contributed by atoms with Crippen LogP contribution in [0, 0.1) is 23.6 Å². The summed E-state index contributed by atoms with van der Waals surface area (Å²) in [6.07, 6.45) is 17.9. The Labute approximate surface area is 177 Å². The van der Waals surface area contributed by atoms with Crippen LogP contribution in [0.2, 0.25) is 0 Å². The molecule has 1 heterocycles. The summed E-state index contributed by atoms with van der Waals surface area (Å²) >= 11 is 0. The van der Waals surface area contributed by atoms with E-state index in [-0.39, 0.29) is 12.1 Å². The Bertz CT molecular complexity index is 542. The predicted molar refractivity (Wildman–Crippen MR) is 117 cm³/mol. The first-order valence-electron chi connectivity index (χ1n) is 12.2. The van der Waals surface area contributed by atoms with E-state index in [1.165, 1.54) is 95.6 Å². The highest BCUT2D eigenvalue weighted by molar-refractivity contribution is 5.17. The van der Waals surface area contributed by atoms with Crippen molar-refractivity contribution in [3.05, 3.63) is 35.6 Å². The Morgan fingerprint density at radius 2 is 1.28 bits per heavy atom. The maximum Gasteiger partial charge on any atom is 0.183 e. The molecule has 3 heteroatoms. The summed E-state index contributed by atoms with van der Waals surface area (Å²) < 4.78 is 24.9. The molecule has 2 nitrogen and oxygen atoms in total. The Morgan fingerprint density at radius 1 is 0.724 bits per heavy atom. The van der Waals surface area contributed by atoms with Crippen LogP contribution in [0.4, 0.5) is 4.39 Å². The fourth-order valence-electron chi connectivity index (χ4n) is 5.02. The summed E-state index contributed by atoms with van der Waals surface area (Å²) in [5, 5.41) is 0. The van der Waals surface area contributed by atoms with Gasteiger partial charge in [-0.25, -0.2) is 4.39 Å². The number of hydrogen-bond acceptors (Lipinski definition) is 2. The first kappa shape index (κ1) is 22.7. The summed E-state index contributed by atoms with van der Waals surface area (Å²) in [5.74, 6) is 2.19. The molecule has 0 radical (unpaired) electrons. The maximum absolute atomic E-state index is 13.1. The van der Waals surface area contributed by atoms with E-state index in [9.17, 15) is 4.39 Å². The molecule has 29 heavy (non-hydrogen) atoms. The zero-order chi connectivity index (χ0) is 20.3. The second kappa shape index (κ2) is 12.7. The van der Waals surface area contributed by atoms with Crippen molar-refractivity contribution in [2.75, 3.05) is 13.2 Å². The number of benzene rings is 1. The number of halogens is 1. The van der Waals surface area contributed by atoms with Gasteiger partial charge >= 0.3 is 0 Å². The monoisotopic (exact) mass is 404 g/mol. The van der Waals surface area contributed by atoms with Crippen molar-refractivity contribution in [3.8, 4) is 0 Å². The zero-order valence-electron chi connectivity index (χ0n) is 18.4. The molecule has 1 aliphatic heterocycles. The van der Waals surface area contributed by atoms with Crippen LogP contribution >= 0.6 is 0 Å². The third-order valence-corrected chi connectivity index (χ3v) is 7.02. The van der Waals surface area contributed by atoms with Gasteiger partial charge in [-0.15, -0.1) is 0 Å². The van der Waals surface area contributed by atoms with Gasteiger partial charge in [-0.1, -0.05) is 96.1 Å². The van der Waals surface area contributed by atoms with Crippen LogP contribution in [0.15, 0.2) is 24.3 Å². The van der Waals surface area contributed by atoms with Crippen LogP contribution in [-0.2, 0) is 9.47 Å². The van der Waals surface area contributed by atoms with Gasteiger partial charge in [0.05, 0.1) is 13.2 Å². The third-order valence-electron chi connectivity index (χ3n) is 7.02. The van der Waals surface area contributed by atoms with Gasteiger partial charge in [0.15, 0.2) is 6.29 Å². The van der Waals surface area contributed by atoms with Crippen molar-refractivity contribution in [1.82, 2.24) is 0 Å². The first-order valence-corrected chi connectivity index (χ1v) is 12.2. The van der Waals surface area contributed by atoms with Crippen LogP contribution in [0.3, 0.4) is 0 Å². The maximum atomic E-state index is 13.1. The van der Waals surface area contributed by atoms with E-state index in [0.717, 1.165) is 30.6 Å². The molecule has 3 rings (SSSR count). The quantitative estimate of drug-likeness (QED) is 0.350. The van der Waals surface area contributed by atoms with Crippen LogP contribution in [0.1, 0.15) is 102 Å². The van der Waals surface area contributed by atoms with Gasteiger partial charge in [0, 0.05) is 11.5 Å². The molecule has 2 fully saturated rings. The van der Waals surface area contributed by atoms with E-state index in [0.29, 0.717) is 5.92 Å². The molecule has 0 amide bonds. The fourth-order valence-corrected chi connectivity index (χ4v) is 5.02. The van der Waals surface area contributed by atoms with Crippen LogP contribution in [0.5, 0.6) is 0 Å². The van der Waals surface area contributed by atoms with Crippen molar-refractivity contribution in [3.63, 3.8) is 0 Å². The Morgan fingerprint density at radius 3 is 1.93 bits per heavy atom. The van der Waals surface area contributed by atoms with Crippen molar-refractivity contribution < 1.29 is 13.9 Å². The van der Waals surface area contributed by atoms with Gasteiger partial charge in [0.2, 0.25) is 0 Å². The lowest BCUT2D eigenvalue weighted by Gasteiger charge is -2.32. The number of rotatable bonds is 11. The average Bonchev–Trinajstić information content (AvgIpc) is 2.76. The van der Waals surface area contributed by atoms with Crippen molar-refractivity contribution in [1.29, 1.82) is 0 Å². The van der Waals surface area contributed by atoms with Crippen molar-refractivity contribution in [2.45, 2.75) is 96.7 Å². The molecule has 0 aromatic heterocycles. The molecule has 0 unspecified atom stereocenters. The van der Waals surface area contributed by atoms with Crippen molar-refractivity contribution >= 4 is 0 Å². The fraction of sp³-hybridized carbons (Fsp3) is 0.769. The van der Waals surface area contributed by atoms with E-state index < -0.39 is 0 Å². The van der Waals surface area contributed by atoms with Crippen LogP contribution in [0.25, 0.3) is 0 Å². The Balaban J connectivity index is 1.23. The highest BCUT2D eigenvalue weighted by atomic mass is 19.1. The van der Waals surface area contributed by atoms with E-state index in [1.54, 1.807) is 12.1 Å². The van der Waals surface area contributed by atoms with E-state index in [2.05, 4.69) is 6.92 Å². The van der Waals surface area contributed by atoms with Gasteiger partial charge in [-0.3, -0.25) is 0 Å². The minimum Gasteiger partial charge on any atom is -0.348 e. The summed E-state index contributed by atoms with van der Waals surface area (Å²) in [6, 6.07) is 6.45. The smallest absolute Gasteiger partial charge is 0.183 e. The molecule has 1 aliphatic carbocycles. The molecule has 0 spiro atoms. The molecule has 164 valence electrons. The molecule has 1 aromatic carbocycles. The lowest BCUT2D eigenvalue weighted by atomic mass is 9.77. The van der Waals surface area contributed by atoms with E-state index in [4.69, 9.17) is 9.47 Å². The van der Waals surface area contributed by atoms with Gasteiger partial charge in [0.25, 0.3) is 0 Å². The minimum absolute atomic E-state index is 0.218. The van der Waals surface area contributed by atoms with Crippen LogP contribution < -0.4 is 0 Å². The molecule has 0 atom stereocenters. The number of unbranched alkanes of at least 4 members (excludes halogenated alkanes) is 5. The third kappa shape index (κ3) is 8.02. The summed E-state index contributed by atoms with van der Waals surface area (Å²) in [7, 11) is 0. The summed E-state index contributed by atoms with van der Waals surface area (Å²) in [6.45, 7) is 3.81. The van der Waals surface area contributed by atoms with Gasteiger partial charge in [0.1, 0.15) is 5.82 Å².